The Labute approximate surface area is 172 Å². The van der Waals surface area contributed by atoms with Crippen LogP contribution in [0, 0.1) is 0 Å². The van der Waals surface area contributed by atoms with Gasteiger partial charge in [0.1, 0.15) is 5.03 Å². The van der Waals surface area contributed by atoms with E-state index in [1.54, 1.807) is 23.0 Å². The zero-order chi connectivity index (χ0) is 20.4. The number of pyridine rings is 1. The molecule has 152 valence electrons. The maximum Gasteiger partial charge on any atom is 0.263 e. The van der Waals surface area contributed by atoms with Gasteiger partial charge >= 0.3 is 0 Å². The highest BCUT2D eigenvalue weighted by Gasteiger charge is 2.35. The first-order valence-electron chi connectivity index (χ1n) is 9.36. The summed E-state index contributed by atoms with van der Waals surface area (Å²) in [5, 5.41) is 10.6. The molecular formula is C21H21F2N3O2S. The van der Waals surface area contributed by atoms with Crippen LogP contribution in [-0.2, 0) is 4.79 Å². The molecule has 2 fully saturated rings. The molecule has 2 aliphatic rings. The minimum Gasteiger partial charge on any atom is -0.395 e. The fraction of sp³-hybridized carbons (Fsp3) is 0.333. The molecule has 0 aliphatic carbocycles. The summed E-state index contributed by atoms with van der Waals surface area (Å²) in [4.78, 5) is 18.7. The van der Waals surface area contributed by atoms with Crippen molar-refractivity contribution in [2.75, 3.05) is 32.8 Å². The lowest BCUT2D eigenvalue weighted by atomic mass is 9.92. The van der Waals surface area contributed by atoms with Gasteiger partial charge in [-0.3, -0.25) is 4.79 Å². The van der Waals surface area contributed by atoms with Crippen LogP contribution in [0.1, 0.15) is 23.5 Å². The van der Waals surface area contributed by atoms with E-state index >= 15 is 0 Å². The lowest BCUT2D eigenvalue weighted by Crippen LogP contribution is -2.50. The van der Waals surface area contributed by atoms with Crippen LogP contribution in [0.25, 0.3) is 0 Å². The Hall–Kier alpha value is -2.29. The third-order valence-corrected chi connectivity index (χ3v) is 6.19. The highest BCUT2D eigenvalue weighted by atomic mass is 32.2. The van der Waals surface area contributed by atoms with E-state index < -0.39 is 12.3 Å². The van der Waals surface area contributed by atoms with Crippen LogP contribution in [0.4, 0.5) is 8.78 Å². The van der Waals surface area contributed by atoms with Gasteiger partial charge in [-0.15, -0.1) is 0 Å². The molecule has 1 N–H and O–H groups in total. The molecule has 1 aromatic carbocycles. The minimum absolute atomic E-state index is 0.0908. The van der Waals surface area contributed by atoms with Gasteiger partial charge in [0.05, 0.1) is 12.5 Å². The minimum atomic E-state index is -2.55. The van der Waals surface area contributed by atoms with Crippen molar-refractivity contribution in [2.24, 2.45) is 0 Å². The van der Waals surface area contributed by atoms with E-state index in [0.717, 1.165) is 18.1 Å². The average molecular weight is 417 g/mol. The summed E-state index contributed by atoms with van der Waals surface area (Å²) >= 11 is 1.62. The largest absolute Gasteiger partial charge is 0.395 e. The van der Waals surface area contributed by atoms with Crippen LogP contribution in [-0.4, -0.2) is 58.0 Å². The molecule has 4 rings (SSSR count). The number of carbonyl (C=O) groups is 1. The summed E-state index contributed by atoms with van der Waals surface area (Å²) in [6.45, 7) is 2.52. The average Bonchev–Trinajstić information content (AvgIpc) is 2.66. The molecule has 2 aliphatic heterocycles. The summed E-state index contributed by atoms with van der Waals surface area (Å²) in [6.07, 6.45) is -0.773. The van der Waals surface area contributed by atoms with Crippen LogP contribution in [0.2, 0.25) is 0 Å². The molecule has 1 atom stereocenters. The van der Waals surface area contributed by atoms with Gasteiger partial charge in [0.15, 0.2) is 0 Å². The fourth-order valence-corrected chi connectivity index (χ4v) is 4.37. The van der Waals surface area contributed by atoms with Crippen molar-refractivity contribution < 1.29 is 18.7 Å². The maximum absolute atomic E-state index is 12.7. The van der Waals surface area contributed by atoms with E-state index in [-0.39, 0.29) is 18.1 Å². The second-order valence-corrected chi connectivity index (χ2v) is 8.28. The number of halogens is 2. The number of carbonyl (C=O) groups excluding carboxylic acids is 1. The smallest absolute Gasteiger partial charge is 0.263 e. The van der Waals surface area contributed by atoms with Gasteiger partial charge in [0, 0.05) is 37.9 Å². The number of hydrogen-bond donors (Lipinski definition) is 1. The van der Waals surface area contributed by atoms with E-state index in [1.807, 2.05) is 18.2 Å². The van der Waals surface area contributed by atoms with E-state index in [2.05, 4.69) is 9.29 Å². The molecule has 8 heteroatoms. The molecule has 2 saturated heterocycles. The Morgan fingerprint density at radius 1 is 1.03 bits per heavy atom. The lowest BCUT2D eigenvalue weighted by Gasteiger charge is -2.42. The summed E-state index contributed by atoms with van der Waals surface area (Å²) < 4.78 is 27.6. The first-order chi connectivity index (χ1) is 14.0. The number of nitrogens with zero attached hydrogens (tertiary/aromatic N) is 3. The Bertz CT molecular complexity index is 890. The number of hydrogen-bond acceptors (Lipinski definition) is 5. The van der Waals surface area contributed by atoms with E-state index in [4.69, 9.17) is 0 Å². The fourth-order valence-electron chi connectivity index (χ4n) is 3.42. The number of alkyl halides is 2. The highest BCUT2D eigenvalue weighted by molar-refractivity contribution is 7.97. The lowest BCUT2D eigenvalue weighted by molar-refractivity contribution is -0.135. The molecule has 29 heavy (non-hydrogen) atoms. The van der Waals surface area contributed by atoms with Crippen molar-refractivity contribution in [1.29, 1.82) is 0 Å². The quantitative estimate of drug-likeness (QED) is 0.578. The van der Waals surface area contributed by atoms with E-state index in [9.17, 15) is 18.7 Å². The second kappa shape index (κ2) is 8.61. The number of aliphatic hydroxyl groups excluding tert-OH is 1. The summed E-state index contributed by atoms with van der Waals surface area (Å²) in [5.41, 5.74) is 3.08. The molecule has 2 aromatic rings. The van der Waals surface area contributed by atoms with Crippen LogP contribution < -0.4 is 0 Å². The van der Waals surface area contributed by atoms with Crippen molar-refractivity contribution in [1.82, 2.24) is 14.2 Å². The molecule has 0 bridgehead atoms. The van der Waals surface area contributed by atoms with Crippen LogP contribution in [0.5, 0.6) is 0 Å². The zero-order valence-corrected chi connectivity index (χ0v) is 16.5. The summed E-state index contributed by atoms with van der Waals surface area (Å²) in [5.74, 6) is -0.883. The highest BCUT2D eigenvalue weighted by Crippen LogP contribution is 2.34. The monoisotopic (exact) mass is 417 g/mol. The molecule has 1 amide bonds. The molecule has 0 saturated carbocycles. The van der Waals surface area contributed by atoms with E-state index in [0.29, 0.717) is 18.7 Å². The predicted octanol–water partition coefficient (Wildman–Crippen LogP) is 3.26. The van der Waals surface area contributed by atoms with Crippen molar-refractivity contribution in [3.05, 3.63) is 70.9 Å². The number of rotatable bonds is 6. The Kier molecular flexibility index (Phi) is 5.94. The van der Waals surface area contributed by atoms with Gasteiger partial charge in [-0.1, -0.05) is 30.3 Å². The maximum atomic E-state index is 12.7. The Morgan fingerprint density at radius 2 is 1.69 bits per heavy atom. The molecule has 5 nitrogen and oxygen atoms in total. The third kappa shape index (κ3) is 4.34. The van der Waals surface area contributed by atoms with Crippen LogP contribution >= 0.6 is 11.9 Å². The molecule has 0 spiro atoms. The van der Waals surface area contributed by atoms with Crippen molar-refractivity contribution in [3.8, 4) is 0 Å². The Balaban J connectivity index is 1.31. The van der Waals surface area contributed by atoms with Crippen molar-refractivity contribution >= 4 is 17.9 Å². The normalized spacial score (nSPS) is 17.9. The first kappa shape index (κ1) is 20.0. The molecule has 0 radical (unpaired) electrons. The van der Waals surface area contributed by atoms with Gasteiger partial charge in [-0.25, -0.2) is 18.1 Å². The summed E-state index contributed by atoms with van der Waals surface area (Å²) in [7, 11) is 0. The number of benzene rings is 1. The van der Waals surface area contributed by atoms with Crippen LogP contribution in [0.3, 0.4) is 0 Å². The summed E-state index contributed by atoms with van der Waals surface area (Å²) in [6, 6.07) is 11.4. The number of likely N-dealkylation sites (tertiary alicyclic amines) is 1. The topological polar surface area (TPSA) is 56.7 Å². The van der Waals surface area contributed by atoms with Gasteiger partial charge in [-0.05, 0) is 40.8 Å². The van der Waals surface area contributed by atoms with Gasteiger partial charge in [0.2, 0.25) is 5.91 Å². The van der Waals surface area contributed by atoms with Crippen molar-refractivity contribution in [2.45, 2.75) is 17.4 Å². The van der Waals surface area contributed by atoms with Crippen molar-refractivity contribution in [3.63, 3.8) is 0 Å². The zero-order valence-electron chi connectivity index (χ0n) is 15.7. The second-order valence-electron chi connectivity index (χ2n) is 7.16. The Morgan fingerprint density at radius 3 is 2.28 bits per heavy atom. The van der Waals surface area contributed by atoms with Crippen LogP contribution in [0.15, 0.2) is 64.8 Å². The molecule has 1 unspecified atom stereocenters. The predicted molar refractivity (Wildman–Crippen MR) is 106 cm³/mol. The number of amides is 1. The number of aliphatic hydroxyl groups is 1. The molecular weight excluding hydrogens is 396 g/mol. The van der Waals surface area contributed by atoms with Gasteiger partial charge in [-0.2, -0.15) is 0 Å². The van der Waals surface area contributed by atoms with Gasteiger partial charge < -0.3 is 10.0 Å². The molecule has 1 aromatic heterocycles. The third-order valence-electron chi connectivity index (χ3n) is 5.24. The number of aromatic nitrogens is 1. The first-order valence-corrected chi connectivity index (χ1v) is 10.1. The standard InChI is InChI=1S/C21H21F2N3O2S/c22-20(23)15-6-4-14(5-7-15)18(13-27)21(28)25-9-16(10-25)17-11-26(12-17)29-19-3-1-2-8-24-19/h1-8,18,20,27H,9-13H2. The SMILES string of the molecule is O=C(C(CO)c1ccc(C(F)F)cc1)N1CC(=C2CN(Sc3ccccn3)C2)C1. The van der Waals surface area contributed by atoms with E-state index in [1.165, 1.54) is 35.4 Å². The molecule has 3 heterocycles. The van der Waals surface area contributed by atoms with Gasteiger partial charge in [0.25, 0.3) is 6.43 Å².